The lowest BCUT2D eigenvalue weighted by atomic mass is 10.1. The molecule has 0 rings (SSSR count). The van der Waals surface area contributed by atoms with Crippen LogP contribution in [0.3, 0.4) is 0 Å². The van der Waals surface area contributed by atoms with Crippen LogP contribution in [0.1, 0.15) is 206 Å². The van der Waals surface area contributed by atoms with E-state index in [1.165, 1.54) is 25.7 Å². The standard InChI is InChI=1S/C76H117NO8/c1-6-8-10-12-14-16-18-20-22-24-26-28-30-32-34-35-36-37-38-39-41-43-45-47-49-51-53-55-57-59-61-63-65-67-74(79)85-72(71-84-76(75(80)81)82-69-68-77(3,4)5)70-83-73(78)66-64-62-60-58-56-54-52-50-48-46-44-42-40-33-31-29-27-25-23-21-19-17-15-13-11-9-7-2/h8-11,14-17,20-23,26-29,32-34,36-37,39-41,44-47,51,53,57,59,72,76H,6-7,12-13,18-19,24-25,30-31,35,38,42-43,48-50,52,54-56,58,60-71H2,1-5H3/p+1/b10-8-,11-9-,16-14-,17-15-,22-20-,23-21-,28-26-,29-27-,34-32-,37-36-,40-33-,41-39-,46-44-,47-45-,53-51-,59-57-. The molecular weight excluding hydrogens is 1050 g/mol. The van der Waals surface area contributed by atoms with Crippen molar-refractivity contribution >= 4 is 17.9 Å². The number of allylic oxidation sites excluding steroid dienone is 32. The number of carboxylic acids is 1. The molecule has 0 saturated heterocycles. The van der Waals surface area contributed by atoms with Gasteiger partial charge in [-0.15, -0.1) is 0 Å². The van der Waals surface area contributed by atoms with Crippen LogP contribution >= 0.6 is 0 Å². The molecule has 0 aromatic heterocycles. The number of likely N-dealkylation sites (N-methyl/N-ethyl adjacent to an activating group) is 1. The van der Waals surface area contributed by atoms with E-state index in [2.05, 4.69) is 208 Å². The summed E-state index contributed by atoms with van der Waals surface area (Å²) in [4.78, 5) is 37.6. The summed E-state index contributed by atoms with van der Waals surface area (Å²) in [6.45, 7) is 4.55. The van der Waals surface area contributed by atoms with E-state index in [-0.39, 0.29) is 38.6 Å². The maximum absolute atomic E-state index is 12.9. The van der Waals surface area contributed by atoms with Gasteiger partial charge in [0, 0.05) is 12.8 Å². The Kier molecular flexibility index (Phi) is 59.7. The average Bonchev–Trinajstić information content (AvgIpc) is 3.49. The number of nitrogens with zero attached hydrogens (tertiary/aromatic N) is 1. The molecule has 0 bridgehead atoms. The van der Waals surface area contributed by atoms with E-state index >= 15 is 0 Å². The van der Waals surface area contributed by atoms with Crippen molar-refractivity contribution in [3.63, 3.8) is 0 Å². The Morgan fingerprint density at radius 1 is 0.353 bits per heavy atom. The number of carbonyl (C=O) groups is 3. The number of hydrogen-bond acceptors (Lipinski definition) is 7. The lowest BCUT2D eigenvalue weighted by Gasteiger charge is -2.25. The smallest absolute Gasteiger partial charge is 0.361 e. The second-order valence-corrected chi connectivity index (χ2v) is 22.0. The van der Waals surface area contributed by atoms with E-state index in [4.69, 9.17) is 18.9 Å². The van der Waals surface area contributed by atoms with Gasteiger partial charge in [0.05, 0.1) is 34.4 Å². The quantitative estimate of drug-likeness (QED) is 0.0211. The molecule has 0 aromatic carbocycles. The Bertz CT molecular complexity index is 2090. The summed E-state index contributed by atoms with van der Waals surface area (Å²) in [6, 6.07) is 0. The topological polar surface area (TPSA) is 108 Å². The van der Waals surface area contributed by atoms with Crippen LogP contribution in [0.4, 0.5) is 0 Å². The van der Waals surface area contributed by atoms with Crippen LogP contribution in [0.25, 0.3) is 0 Å². The van der Waals surface area contributed by atoms with E-state index in [9.17, 15) is 19.5 Å². The van der Waals surface area contributed by atoms with Crippen molar-refractivity contribution < 1.29 is 42.9 Å². The van der Waals surface area contributed by atoms with Crippen molar-refractivity contribution in [2.45, 2.75) is 219 Å². The molecular formula is C76H118NO8+. The van der Waals surface area contributed by atoms with E-state index in [1.807, 2.05) is 21.1 Å². The van der Waals surface area contributed by atoms with Crippen molar-refractivity contribution in [2.75, 3.05) is 47.5 Å². The maximum Gasteiger partial charge on any atom is 0.361 e. The van der Waals surface area contributed by atoms with Crippen LogP contribution < -0.4 is 0 Å². The Balaban J connectivity index is 4.36. The third kappa shape index (κ3) is 65.5. The number of rotatable bonds is 57. The van der Waals surface area contributed by atoms with Gasteiger partial charge in [0.15, 0.2) is 6.10 Å². The second-order valence-electron chi connectivity index (χ2n) is 22.0. The van der Waals surface area contributed by atoms with Crippen molar-refractivity contribution in [1.82, 2.24) is 0 Å². The van der Waals surface area contributed by atoms with Crippen LogP contribution in [0.15, 0.2) is 194 Å². The summed E-state index contributed by atoms with van der Waals surface area (Å²) in [7, 11) is 5.94. The fourth-order valence-electron chi connectivity index (χ4n) is 7.93. The second kappa shape index (κ2) is 64.1. The number of unbranched alkanes of at least 4 members (excludes halogenated alkanes) is 10. The summed E-state index contributed by atoms with van der Waals surface area (Å²) in [5.41, 5.74) is 0. The van der Waals surface area contributed by atoms with Gasteiger partial charge in [0.1, 0.15) is 13.2 Å². The molecule has 2 unspecified atom stereocenters. The minimum absolute atomic E-state index is 0.165. The van der Waals surface area contributed by atoms with Gasteiger partial charge in [-0.05, 0) is 141 Å². The van der Waals surface area contributed by atoms with E-state index in [0.29, 0.717) is 17.4 Å². The molecule has 0 aliphatic heterocycles. The van der Waals surface area contributed by atoms with Gasteiger partial charge in [-0.1, -0.05) is 247 Å². The van der Waals surface area contributed by atoms with Crippen LogP contribution in [0.5, 0.6) is 0 Å². The number of aliphatic carboxylic acids is 1. The Hall–Kier alpha value is -5.87. The Labute approximate surface area is 519 Å². The first-order chi connectivity index (χ1) is 41.6. The van der Waals surface area contributed by atoms with E-state index in [0.717, 1.165) is 148 Å². The molecule has 0 radical (unpaired) electrons. The molecule has 0 aliphatic carbocycles. The maximum atomic E-state index is 12.9. The zero-order valence-electron chi connectivity index (χ0n) is 53.9. The lowest BCUT2D eigenvalue weighted by Crippen LogP contribution is -2.40. The van der Waals surface area contributed by atoms with Gasteiger partial charge in [-0.25, -0.2) is 4.79 Å². The van der Waals surface area contributed by atoms with Crippen molar-refractivity contribution in [3.05, 3.63) is 194 Å². The fourth-order valence-corrected chi connectivity index (χ4v) is 7.93. The molecule has 0 fully saturated rings. The predicted molar refractivity (Wildman–Crippen MR) is 363 cm³/mol. The molecule has 0 aromatic rings. The van der Waals surface area contributed by atoms with Gasteiger partial charge >= 0.3 is 17.9 Å². The van der Waals surface area contributed by atoms with Crippen molar-refractivity contribution in [3.8, 4) is 0 Å². The Morgan fingerprint density at radius 3 is 0.965 bits per heavy atom. The monoisotopic (exact) mass is 1170 g/mol. The highest BCUT2D eigenvalue weighted by atomic mass is 16.7. The first kappa shape index (κ1) is 79.1. The van der Waals surface area contributed by atoms with Gasteiger partial charge < -0.3 is 28.5 Å². The normalized spacial score (nSPS) is 14.0. The number of carbonyl (C=O) groups excluding carboxylic acids is 2. The van der Waals surface area contributed by atoms with E-state index < -0.39 is 24.3 Å². The predicted octanol–water partition coefficient (Wildman–Crippen LogP) is 20.2. The van der Waals surface area contributed by atoms with Gasteiger partial charge in [-0.2, -0.15) is 0 Å². The summed E-state index contributed by atoms with van der Waals surface area (Å²) in [5, 5.41) is 9.73. The third-order valence-corrected chi connectivity index (χ3v) is 12.8. The van der Waals surface area contributed by atoms with Crippen molar-refractivity contribution in [2.24, 2.45) is 0 Å². The minimum atomic E-state index is -1.54. The molecule has 9 nitrogen and oxygen atoms in total. The number of esters is 2. The highest BCUT2D eigenvalue weighted by molar-refractivity contribution is 5.71. The Morgan fingerprint density at radius 2 is 0.635 bits per heavy atom. The third-order valence-electron chi connectivity index (χ3n) is 12.8. The molecule has 0 spiro atoms. The van der Waals surface area contributed by atoms with E-state index in [1.54, 1.807) is 0 Å². The number of quaternary nitrogens is 1. The number of hydrogen-bond donors (Lipinski definition) is 1. The van der Waals surface area contributed by atoms with Crippen LogP contribution in [0, 0.1) is 0 Å². The molecule has 85 heavy (non-hydrogen) atoms. The molecule has 0 aliphatic rings. The summed E-state index contributed by atoms with van der Waals surface area (Å²) in [5.74, 6) is -2.10. The highest BCUT2D eigenvalue weighted by Gasteiger charge is 2.25. The molecule has 2 atom stereocenters. The number of ether oxygens (including phenoxy) is 4. The molecule has 0 amide bonds. The van der Waals surface area contributed by atoms with Crippen LogP contribution in [0.2, 0.25) is 0 Å². The zero-order chi connectivity index (χ0) is 61.9. The van der Waals surface area contributed by atoms with Crippen LogP contribution in [-0.4, -0.2) is 87.4 Å². The van der Waals surface area contributed by atoms with Crippen LogP contribution in [-0.2, 0) is 33.3 Å². The SMILES string of the molecule is CC/C=C\C/C=C\C/C=C\C/C=C\C/C=C\C/C=C\C/C=C\C/C=C\C/C=C\C/C=C\CCCCC(=O)OC(COC(=O)CCCCCCCCCC/C=C\C/C=C\C/C=C\C/C=C\C/C=C\C/C=C\CC)COC(OCC[N+](C)(C)C)C(=O)O. The lowest BCUT2D eigenvalue weighted by molar-refractivity contribution is -0.870. The zero-order valence-corrected chi connectivity index (χ0v) is 53.9. The van der Waals surface area contributed by atoms with Crippen molar-refractivity contribution in [1.29, 1.82) is 0 Å². The molecule has 0 heterocycles. The molecule has 474 valence electrons. The molecule has 0 saturated carbocycles. The molecule has 1 N–H and O–H groups in total. The van der Waals surface area contributed by atoms with Gasteiger partial charge in [0.2, 0.25) is 0 Å². The summed E-state index contributed by atoms with van der Waals surface area (Å²) < 4.78 is 22.9. The summed E-state index contributed by atoms with van der Waals surface area (Å²) in [6.07, 6.45) is 96.6. The highest BCUT2D eigenvalue weighted by Crippen LogP contribution is 2.13. The molecule has 9 heteroatoms. The largest absolute Gasteiger partial charge is 0.477 e. The average molecular weight is 1170 g/mol. The summed E-state index contributed by atoms with van der Waals surface area (Å²) >= 11 is 0. The first-order valence-electron chi connectivity index (χ1n) is 32.6. The number of carboxylic acid groups (broad SMARTS) is 1. The minimum Gasteiger partial charge on any atom is -0.477 e. The van der Waals surface area contributed by atoms with Gasteiger partial charge in [-0.3, -0.25) is 9.59 Å². The van der Waals surface area contributed by atoms with Gasteiger partial charge in [0.25, 0.3) is 6.29 Å². The fraction of sp³-hybridized carbons (Fsp3) is 0.539. The first-order valence-corrected chi connectivity index (χ1v) is 32.6.